The molecule has 0 unspecified atom stereocenters. The predicted octanol–water partition coefficient (Wildman–Crippen LogP) is 3.72. The predicted molar refractivity (Wildman–Crippen MR) is 64.0 cm³/mol. The molecule has 0 heterocycles. The van der Waals surface area contributed by atoms with E-state index < -0.39 is 0 Å². The summed E-state index contributed by atoms with van der Waals surface area (Å²) in [6, 6.07) is 10.5. The van der Waals surface area contributed by atoms with Crippen LogP contribution in [0.15, 0.2) is 30.3 Å². The van der Waals surface area contributed by atoms with Gasteiger partial charge in [0.2, 0.25) is 0 Å². The van der Waals surface area contributed by atoms with Gasteiger partial charge < -0.3 is 4.79 Å². The summed E-state index contributed by atoms with van der Waals surface area (Å²) >= 11 is 0. The Kier molecular flexibility index (Phi) is 4.07. The summed E-state index contributed by atoms with van der Waals surface area (Å²) in [6.45, 7) is 6.14. The zero-order valence-corrected chi connectivity index (χ0v) is 9.92. The van der Waals surface area contributed by atoms with Crippen molar-refractivity contribution in [3.8, 4) is 0 Å². The average molecular weight is 204 g/mol. The summed E-state index contributed by atoms with van der Waals surface area (Å²) in [5, 5.41) is 0. The number of carbonyl (C=O) groups excluding carboxylic acids is 1. The Balaban J connectivity index is 2.56. The van der Waals surface area contributed by atoms with E-state index in [0.29, 0.717) is 12.2 Å². The van der Waals surface area contributed by atoms with Gasteiger partial charge in [-0.3, -0.25) is 0 Å². The summed E-state index contributed by atoms with van der Waals surface area (Å²) in [4.78, 5) is 10.9. The van der Waals surface area contributed by atoms with E-state index in [2.05, 4.69) is 38.1 Å². The Morgan fingerprint density at radius 3 is 2.33 bits per heavy atom. The molecule has 0 bridgehead atoms. The van der Waals surface area contributed by atoms with Gasteiger partial charge in [0.25, 0.3) is 0 Å². The summed E-state index contributed by atoms with van der Waals surface area (Å²) in [5.74, 6) is 0.291. The minimum atomic E-state index is 0.177. The second kappa shape index (κ2) is 5.11. The van der Waals surface area contributed by atoms with Gasteiger partial charge >= 0.3 is 0 Å². The number of ketones is 1. The van der Waals surface area contributed by atoms with Crippen molar-refractivity contribution < 1.29 is 4.79 Å². The van der Waals surface area contributed by atoms with E-state index in [1.54, 1.807) is 6.92 Å². The van der Waals surface area contributed by atoms with Crippen LogP contribution < -0.4 is 0 Å². The lowest BCUT2D eigenvalue weighted by Gasteiger charge is -2.25. The van der Waals surface area contributed by atoms with E-state index in [-0.39, 0.29) is 5.41 Å². The van der Waals surface area contributed by atoms with Crippen LogP contribution in [0.4, 0.5) is 0 Å². The summed E-state index contributed by atoms with van der Waals surface area (Å²) in [7, 11) is 0. The zero-order valence-electron chi connectivity index (χ0n) is 9.92. The molecule has 82 valence electrons. The van der Waals surface area contributed by atoms with Crippen LogP contribution in [0.2, 0.25) is 0 Å². The van der Waals surface area contributed by atoms with Crippen molar-refractivity contribution in [3.63, 3.8) is 0 Å². The first kappa shape index (κ1) is 12.0. The third kappa shape index (κ3) is 3.86. The molecule has 0 aliphatic carbocycles. The van der Waals surface area contributed by atoms with Crippen molar-refractivity contribution in [2.24, 2.45) is 0 Å². The highest BCUT2D eigenvalue weighted by Crippen LogP contribution is 2.28. The highest BCUT2D eigenvalue weighted by atomic mass is 16.1. The van der Waals surface area contributed by atoms with Crippen molar-refractivity contribution in [1.82, 2.24) is 0 Å². The van der Waals surface area contributed by atoms with Crippen molar-refractivity contribution in [3.05, 3.63) is 35.9 Å². The van der Waals surface area contributed by atoms with Gasteiger partial charge in [0.1, 0.15) is 5.78 Å². The minimum Gasteiger partial charge on any atom is -0.300 e. The number of hydrogen-bond acceptors (Lipinski definition) is 1. The summed E-state index contributed by atoms with van der Waals surface area (Å²) < 4.78 is 0. The van der Waals surface area contributed by atoms with Crippen LogP contribution in [0.3, 0.4) is 0 Å². The van der Waals surface area contributed by atoms with Crippen molar-refractivity contribution in [2.75, 3.05) is 0 Å². The fourth-order valence-corrected chi connectivity index (χ4v) is 1.81. The lowest BCUT2D eigenvalue weighted by atomic mass is 9.80. The van der Waals surface area contributed by atoms with Crippen LogP contribution in [0.1, 0.15) is 45.6 Å². The fourth-order valence-electron chi connectivity index (χ4n) is 1.81. The number of benzene rings is 1. The van der Waals surface area contributed by atoms with E-state index >= 15 is 0 Å². The first-order valence-electron chi connectivity index (χ1n) is 5.57. The van der Waals surface area contributed by atoms with Gasteiger partial charge in [0.15, 0.2) is 0 Å². The van der Waals surface area contributed by atoms with Crippen molar-refractivity contribution in [2.45, 2.75) is 45.4 Å². The topological polar surface area (TPSA) is 17.1 Å². The highest BCUT2D eigenvalue weighted by Gasteiger charge is 2.19. The summed E-state index contributed by atoms with van der Waals surface area (Å²) in [5.41, 5.74) is 1.53. The van der Waals surface area contributed by atoms with Crippen molar-refractivity contribution >= 4 is 5.78 Å². The monoisotopic (exact) mass is 204 g/mol. The third-order valence-corrected chi connectivity index (χ3v) is 2.89. The molecule has 0 atom stereocenters. The molecule has 15 heavy (non-hydrogen) atoms. The van der Waals surface area contributed by atoms with E-state index in [9.17, 15) is 4.79 Å². The van der Waals surface area contributed by atoms with E-state index in [1.807, 2.05) is 6.07 Å². The first-order valence-corrected chi connectivity index (χ1v) is 5.57. The molecular weight excluding hydrogens is 184 g/mol. The van der Waals surface area contributed by atoms with Gasteiger partial charge in [-0.25, -0.2) is 0 Å². The van der Waals surface area contributed by atoms with Gasteiger partial charge in [0.05, 0.1) is 0 Å². The lowest BCUT2D eigenvalue weighted by molar-refractivity contribution is -0.117. The molecule has 0 saturated carbocycles. The quantitative estimate of drug-likeness (QED) is 0.714. The Morgan fingerprint density at radius 2 is 1.80 bits per heavy atom. The average Bonchev–Trinajstić information content (AvgIpc) is 2.18. The highest BCUT2D eigenvalue weighted by molar-refractivity contribution is 5.75. The molecule has 0 saturated heterocycles. The number of Topliss-reactive ketones (excluding diaryl/α,β-unsaturated/α-hetero) is 1. The Labute approximate surface area is 92.5 Å². The zero-order chi connectivity index (χ0) is 11.3. The standard InChI is InChI=1S/C14H20O/c1-12(15)8-7-11-14(2,3)13-9-5-4-6-10-13/h4-6,9-10H,7-8,11H2,1-3H3. The molecule has 1 aromatic rings. The molecule has 1 nitrogen and oxygen atoms in total. The van der Waals surface area contributed by atoms with Gasteiger partial charge in [-0.1, -0.05) is 44.2 Å². The Morgan fingerprint density at radius 1 is 1.20 bits per heavy atom. The molecule has 0 aliphatic rings. The minimum absolute atomic E-state index is 0.177. The van der Waals surface area contributed by atoms with Crippen LogP contribution in [-0.4, -0.2) is 5.78 Å². The maximum atomic E-state index is 10.9. The van der Waals surface area contributed by atoms with E-state index in [1.165, 1.54) is 5.56 Å². The SMILES string of the molecule is CC(=O)CCCC(C)(C)c1ccccc1. The van der Waals surface area contributed by atoms with Crippen LogP contribution in [0, 0.1) is 0 Å². The maximum absolute atomic E-state index is 10.9. The summed E-state index contributed by atoms with van der Waals surface area (Å²) in [6.07, 6.45) is 2.75. The maximum Gasteiger partial charge on any atom is 0.129 e. The van der Waals surface area contributed by atoms with Crippen LogP contribution >= 0.6 is 0 Å². The Bertz CT molecular complexity index is 311. The molecule has 0 fully saturated rings. The fraction of sp³-hybridized carbons (Fsp3) is 0.500. The van der Waals surface area contributed by atoms with Gasteiger partial charge in [-0.05, 0) is 30.7 Å². The second-order valence-electron chi connectivity index (χ2n) is 4.81. The van der Waals surface area contributed by atoms with E-state index in [4.69, 9.17) is 0 Å². The molecule has 0 amide bonds. The molecule has 0 N–H and O–H groups in total. The second-order valence-corrected chi connectivity index (χ2v) is 4.81. The largest absolute Gasteiger partial charge is 0.300 e. The van der Waals surface area contributed by atoms with Crippen LogP contribution in [0.25, 0.3) is 0 Å². The normalized spacial score (nSPS) is 11.4. The number of hydrogen-bond donors (Lipinski definition) is 0. The molecule has 1 aromatic carbocycles. The molecular formula is C14H20O. The third-order valence-electron chi connectivity index (χ3n) is 2.89. The van der Waals surface area contributed by atoms with Gasteiger partial charge in [0, 0.05) is 6.42 Å². The van der Waals surface area contributed by atoms with Crippen LogP contribution in [-0.2, 0) is 10.2 Å². The molecule has 1 heteroatoms. The van der Waals surface area contributed by atoms with Crippen molar-refractivity contribution in [1.29, 1.82) is 0 Å². The van der Waals surface area contributed by atoms with E-state index in [0.717, 1.165) is 12.8 Å². The number of carbonyl (C=O) groups is 1. The molecule has 1 rings (SSSR count). The molecule has 0 spiro atoms. The molecule has 0 radical (unpaired) electrons. The van der Waals surface area contributed by atoms with Crippen LogP contribution in [0.5, 0.6) is 0 Å². The van der Waals surface area contributed by atoms with Gasteiger partial charge in [-0.2, -0.15) is 0 Å². The Hall–Kier alpha value is -1.11. The molecule has 0 aliphatic heterocycles. The lowest BCUT2D eigenvalue weighted by Crippen LogP contribution is -2.17. The number of rotatable bonds is 5. The smallest absolute Gasteiger partial charge is 0.129 e. The first-order chi connectivity index (χ1) is 7.02. The van der Waals surface area contributed by atoms with Gasteiger partial charge in [-0.15, -0.1) is 0 Å². The molecule has 0 aromatic heterocycles.